The number of nitrogens with zero attached hydrogens (tertiary/aromatic N) is 2. The smallest absolute Gasteiger partial charge is 0.148 e. The van der Waals surface area contributed by atoms with Gasteiger partial charge in [0.15, 0.2) is 0 Å². The predicted octanol–water partition coefficient (Wildman–Crippen LogP) is 4.61. The van der Waals surface area contributed by atoms with Crippen LogP contribution in [-0.4, -0.2) is 4.98 Å². The fourth-order valence-electron chi connectivity index (χ4n) is 1.88. The molecular weight excluding hydrogens is 240 g/mol. The van der Waals surface area contributed by atoms with Crippen LogP contribution in [0.4, 0.5) is 17.2 Å². The van der Waals surface area contributed by atoms with Crippen LogP contribution in [0, 0.1) is 0 Å². The first-order valence-electron chi connectivity index (χ1n) is 5.73. The van der Waals surface area contributed by atoms with Crippen molar-refractivity contribution in [2.24, 2.45) is 0 Å². The highest BCUT2D eigenvalue weighted by molar-refractivity contribution is 7.07. The maximum Gasteiger partial charge on any atom is 0.148 e. The second-order valence-corrected chi connectivity index (χ2v) is 4.57. The van der Waals surface area contributed by atoms with Gasteiger partial charge in [0.2, 0.25) is 0 Å². The number of benzene rings is 2. The molecule has 0 N–H and O–H groups in total. The van der Waals surface area contributed by atoms with E-state index in [9.17, 15) is 0 Å². The molecule has 0 amide bonds. The van der Waals surface area contributed by atoms with Gasteiger partial charge in [-0.3, -0.25) is 4.90 Å². The molecule has 0 aliphatic rings. The third-order valence-corrected chi connectivity index (χ3v) is 3.25. The number of rotatable bonds is 3. The van der Waals surface area contributed by atoms with E-state index < -0.39 is 0 Å². The summed E-state index contributed by atoms with van der Waals surface area (Å²) in [6, 6.07) is 20.6. The molecule has 0 unspecified atom stereocenters. The van der Waals surface area contributed by atoms with E-state index >= 15 is 0 Å². The zero-order valence-corrected chi connectivity index (χ0v) is 10.5. The van der Waals surface area contributed by atoms with Gasteiger partial charge in [-0.2, -0.15) is 0 Å². The molecule has 0 aliphatic carbocycles. The summed E-state index contributed by atoms with van der Waals surface area (Å²) in [6.45, 7) is 0. The maximum atomic E-state index is 4.41. The lowest BCUT2D eigenvalue weighted by Crippen LogP contribution is -2.09. The molecule has 0 radical (unpaired) electrons. The number of aromatic nitrogens is 1. The lowest BCUT2D eigenvalue weighted by molar-refractivity contribution is 1.21. The van der Waals surface area contributed by atoms with E-state index in [2.05, 4.69) is 39.5 Å². The van der Waals surface area contributed by atoms with Crippen molar-refractivity contribution in [2.45, 2.75) is 0 Å². The van der Waals surface area contributed by atoms with E-state index in [1.54, 1.807) is 11.3 Å². The lowest BCUT2D eigenvalue weighted by Gasteiger charge is -2.22. The second-order valence-electron chi connectivity index (χ2n) is 3.85. The predicted molar refractivity (Wildman–Crippen MR) is 76.8 cm³/mol. The fraction of sp³-hybridized carbons (Fsp3) is 0. The summed E-state index contributed by atoms with van der Waals surface area (Å²) in [5, 5.41) is 2.06. The van der Waals surface area contributed by atoms with E-state index in [-0.39, 0.29) is 0 Å². The van der Waals surface area contributed by atoms with Gasteiger partial charge in [0, 0.05) is 16.8 Å². The minimum atomic E-state index is 0.956. The first-order chi connectivity index (χ1) is 8.95. The summed E-state index contributed by atoms with van der Waals surface area (Å²) < 4.78 is 0. The van der Waals surface area contributed by atoms with Crippen LogP contribution in [0.15, 0.2) is 71.6 Å². The minimum Gasteiger partial charge on any atom is -0.294 e. The van der Waals surface area contributed by atoms with Gasteiger partial charge in [0.1, 0.15) is 5.82 Å². The van der Waals surface area contributed by atoms with E-state index in [0.29, 0.717) is 0 Å². The normalized spacial score (nSPS) is 10.2. The zero-order chi connectivity index (χ0) is 12.2. The Morgan fingerprint density at radius 2 is 1.33 bits per heavy atom. The monoisotopic (exact) mass is 252 g/mol. The first kappa shape index (κ1) is 11.0. The van der Waals surface area contributed by atoms with Crippen LogP contribution >= 0.6 is 11.3 Å². The molecule has 0 saturated carbocycles. The topological polar surface area (TPSA) is 16.1 Å². The summed E-state index contributed by atoms with van der Waals surface area (Å²) in [7, 11) is 0. The Kier molecular flexibility index (Phi) is 3.07. The minimum absolute atomic E-state index is 0.956. The van der Waals surface area contributed by atoms with E-state index in [1.807, 2.05) is 41.9 Å². The summed E-state index contributed by atoms with van der Waals surface area (Å²) in [4.78, 5) is 6.56. The van der Waals surface area contributed by atoms with Gasteiger partial charge < -0.3 is 0 Å². The molecule has 0 fully saturated rings. The Bertz CT molecular complexity index is 551. The molecule has 2 nitrogen and oxygen atoms in total. The van der Waals surface area contributed by atoms with Crippen LogP contribution in [-0.2, 0) is 0 Å². The third kappa shape index (κ3) is 2.13. The van der Waals surface area contributed by atoms with Crippen LogP contribution in [0.25, 0.3) is 0 Å². The van der Waals surface area contributed by atoms with Crippen LogP contribution in [0.3, 0.4) is 0 Å². The Labute approximate surface area is 110 Å². The molecule has 3 rings (SSSR count). The molecule has 0 spiro atoms. The van der Waals surface area contributed by atoms with Crippen LogP contribution in [0.2, 0.25) is 0 Å². The highest BCUT2D eigenvalue weighted by Crippen LogP contribution is 2.33. The first-order valence-corrected chi connectivity index (χ1v) is 6.68. The standard InChI is InChI=1S/C15H12N2S/c1-3-7-13(8-4-1)17(15-11-18-12-16-15)14-9-5-2-6-10-14/h1-12H. The zero-order valence-electron chi connectivity index (χ0n) is 9.73. The Balaban J connectivity index is 2.11. The van der Waals surface area contributed by atoms with Gasteiger partial charge in [0.25, 0.3) is 0 Å². The molecule has 2 aromatic carbocycles. The highest BCUT2D eigenvalue weighted by atomic mass is 32.1. The third-order valence-electron chi connectivity index (χ3n) is 2.68. The van der Waals surface area contributed by atoms with Crippen LogP contribution in [0.5, 0.6) is 0 Å². The molecule has 0 atom stereocenters. The number of hydrogen-bond donors (Lipinski definition) is 0. The quantitative estimate of drug-likeness (QED) is 0.676. The van der Waals surface area contributed by atoms with Crippen molar-refractivity contribution in [3.05, 3.63) is 71.6 Å². The van der Waals surface area contributed by atoms with Crippen molar-refractivity contribution in [3.8, 4) is 0 Å². The van der Waals surface area contributed by atoms with Gasteiger partial charge in [-0.05, 0) is 24.3 Å². The Hall–Kier alpha value is -2.13. The van der Waals surface area contributed by atoms with Crippen molar-refractivity contribution in [1.29, 1.82) is 0 Å². The van der Waals surface area contributed by atoms with Crippen molar-refractivity contribution in [1.82, 2.24) is 4.98 Å². The van der Waals surface area contributed by atoms with Crippen LogP contribution < -0.4 is 4.90 Å². The average molecular weight is 252 g/mol. The van der Waals surface area contributed by atoms with Crippen LogP contribution in [0.1, 0.15) is 0 Å². The Morgan fingerprint density at radius 3 is 1.78 bits per heavy atom. The van der Waals surface area contributed by atoms with E-state index in [0.717, 1.165) is 17.2 Å². The van der Waals surface area contributed by atoms with Crippen molar-refractivity contribution in [3.63, 3.8) is 0 Å². The lowest BCUT2D eigenvalue weighted by atomic mass is 10.2. The molecule has 0 bridgehead atoms. The fourth-order valence-corrected chi connectivity index (χ4v) is 2.40. The average Bonchev–Trinajstić information content (AvgIpc) is 2.95. The summed E-state index contributed by atoms with van der Waals surface area (Å²) >= 11 is 1.60. The van der Waals surface area contributed by atoms with Gasteiger partial charge in [-0.25, -0.2) is 4.98 Å². The Morgan fingerprint density at radius 1 is 0.778 bits per heavy atom. The second kappa shape index (κ2) is 5.02. The SMILES string of the molecule is c1ccc(N(c2ccccc2)c2cscn2)cc1. The van der Waals surface area contributed by atoms with Crippen molar-refractivity contribution in [2.75, 3.05) is 4.90 Å². The molecule has 1 aromatic heterocycles. The molecule has 3 heteroatoms. The molecule has 0 saturated heterocycles. The summed E-state index contributed by atoms with van der Waals surface area (Å²) in [5.74, 6) is 0.956. The summed E-state index contributed by atoms with van der Waals surface area (Å²) in [6.07, 6.45) is 0. The van der Waals surface area contributed by atoms with Gasteiger partial charge in [-0.15, -0.1) is 11.3 Å². The molecule has 0 aliphatic heterocycles. The highest BCUT2D eigenvalue weighted by Gasteiger charge is 2.12. The van der Waals surface area contributed by atoms with E-state index in [1.165, 1.54) is 0 Å². The molecule has 88 valence electrons. The molecular formula is C15H12N2S. The molecule has 1 heterocycles. The van der Waals surface area contributed by atoms with Crippen molar-refractivity contribution < 1.29 is 0 Å². The number of hydrogen-bond acceptors (Lipinski definition) is 3. The number of thiazole rings is 1. The van der Waals surface area contributed by atoms with E-state index in [4.69, 9.17) is 0 Å². The maximum absolute atomic E-state index is 4.41. The number of para-hydroxylation sites is 2. The molecule has 3 aromatic rings. The van der Waals surface area contributed by atoms with Crippen molar-refractivity contribution >= 4 is 28.5 Å². The number of anilines is 3. The summed E-state index contributed by atoms with van der Waals surface area (Å²) in [5.41, 5.74) is 4.10. The van der Waals surface area contributed by atoms with Gasteiger partial charge >= 0.3 is 0 Å². The largest absolute Gasteiger partial charge is 0.294 e. The molecule has 18 heavy (non-hydrogen) atoms. The van der Waals surface area contributed by atoms with Gasteiger partial charge in [-0.1, -0.05) is 36.4 Å². The van der Waals surface area contributed by atoms with Gasteiger partial charge in [0.05, 0.1) is 5.51 Å².